The van der Waals surface area contributed by atoms with E-state index >= 15 is 0 Å². The van der Waals surface area contributed by atoms with Crippen LogP contribution in [0.3, 0.4) is 0 Å². The summed E-state index contributed by atoms with van der Waals surface area (Å²) in [4.78, 5) is 23.5. The van der Waals surface area contributed by atoms with Crippen LogP contribution in [0.1, 0.15) is 46.0 Å². The highest BCUT2D eigenvalue weighted by atomic mass is 28.4. The summed E-state index contributed by atoms with van der Waals surface area (Å²) in [5.41, 5.74) is 0. The van der Waals surface area contributed by atoms with E-state index in [9.17, 15) is 14.7 Å². The van der Waals surface area contributed by atoms with Crippen LogP contribution in [0.2, 0.25) is 12.6 Å². The average molecular weight is 346 g/mol. The summed E-state index contributed by atoms with van der Waals surface area (Å²) in [6, 6.07) is 0.821. The molecule has 2 N–H and O–H groups in total. The number of nitrogens with one attached hydrogen (secondary N) is 1. The number of aliphatic carboxylic acids is 1. The maximum atomic E-state index is 12.3. The molecule has 6 nitrogen and oxygen atoms in total. The summed E-state index contributed by atoms with van der Waals surface area (Å²) in [6.07, 6.45) is 3.90. The van der Waals surface area contributed by atoms with Gasteiger partial charge in [0.15, 0.2) is 0 Å². The molecule has 0 aliphatic heterocycles. The topological polar surface area (TPSA) is 84.9 Å². The Morgan fingerprint density at radius 1 is 1.13 bits per heavy atom. The van der Waals surface area contributed by atoms with Crippen molar-refractivity contribution in [2.24, 2.45) is 11.8 Å². The van der Waals surface area contributed by atoms with Crippen molar-refractivity contribution < 1.29 is 23.5 Å². The number of carbonyl (C=O) groups excluding carboxylic acids is 1. The summed E-state index contributed by atoms with van der Waals surface area (Å²) in [7, 11) is -2.14. The fourth-order valence-corrected chi connectivity index (χ4v) is 5.70. The van der Waals surface area contributed by atoms with Gasteiger partial charge in [0.25, 0.3) is 0 Å². The Morgan fingerprint density at radius 3 is 2.22 bits per heavy atom. The van der Waals surface area contributed by atoms with Gasteiger partial charge in [0.05, 0.1) is 11.8 Å². The number of hydrogen-bond acceptors (Lipinski definition) is 4. The van der Waals surface area contributed by atoms with Gasteiger partial charge in [-0.3, -0.25) is 9.59 Å². The molecule has 134 valence electrons. The highest BCUT2D eigenvalue weighted by Gasteiger charge is 2.35. The summed E-state index contributed by atoms with van der Waals surface area (Å²) in [5, 5.41) is 12.1. The predicted molar refractivity (Wildman–Crippen MR) is 90.4 cm³/mol. The maximum absolute atomic E-state index is 12.3. The fourth-order valence-electron chi connectivity index (χ4n) is 3.29. The fraction of sp³-hybridized carbons (Fsp3) is 0.875. The molecule has 1 amide bonds. The molecule has 0 aromatic rings. The normalized spacial score (nSPS) is 21.9. The standard InChI is InChI=1S/C16H31NO5Si/c1-4-21-23(3,22-5-2)12-8-11-17-15(18)13-9-6-7-10-14(13)16(19)20/h13-14H,4-12H2,1-3H3,(H,17,18)(H,19,20). The maximum Gasteiger partial charge on any atom is 0.334 e. The summed E-state index contributed by atoms with van der Waals surface area (Å²) < 4.78 is 11.5. The van der Waals surface area contributed by atoms with Crippen LogP contribution < -0.4 is 5.32 Å². The van der Waals surface area contributed by atoms with Crippen LogP contribution in [-0.4, -0.2) is 45.3 Å². The molecule has 0 aromatic carbocycles. The first-order valence-corrected chi connectivity index (χ1v) is 11.2. The molecule has 1 fully saturated rings. The van der Waals surface area contributed by atoms with Crippen molar-refractivity contribution in [1.82, 2.24) is 5.32 Å². The van der Waals surface area contributed by atoms with E-state index in [0.29, 0.717) is 32.6 Å². The first-order valence-electron chi connectivity index (χ1n) is 8.72. The Morgan fingerprint density at radius 2 is 1.70 bits per heavy atom. The zero-order valence-electron chi connectivity index (χ0n) is 14.6. The first kappa shape index (κ1) is 20.1. The van der Waals surface area contributed by atoms with Crippen LogP contribution in [0.4, 0.5) is 0 Å². The highest BCUT2D eigenvalue weighted by molar-refractivity contribution is 6.66. The third-order valence-electron chi connectivity index (χ3n) is 4.43. The van der Waals surface area contributed by atoms with Crippen LogP contribution in [0, 0.1) is 11.8 Å². The lowest BCUT2D eigenvalue weighted by molar-refractivity contribution is -0.148. The lowest BCUT2D eigenvalue weighted by atomic mass is 9.79. The first-order chi connectivity index (χ1) is 10.9. The Kier molecular flexibility index (Phi) is 8.79. The molecule has 1 aliphatic rings. The van der Waals surface area contributed by atoms with Crippen LogP contribution in [0.15, 0.2) is 0 Å². The van der Waals surface area contributed by atoms with E-state index in [4.69, 9.17) is 8.85 Å². The van der Waals surface area contributed by atoms with Gasteiger partial charge in [-0.2, -0.15) is 0 Å². The van der Waals surface area contributed by atoms with E-state index in [-0.39, 0.29) is 11.8 Å². The summed E-state index contributed by atoms with van der Waals surface area (Å²) in [5.74, 6) is -1.88. The number of carboxylic acid groups (broad SMARTS) is 1. The van der Waals surface area contributed by atoms with Crippen LogP contribution >= 0.6 is 0 Å². The van der Waals surface area contributed by atoms with Crippen LogP contribution in [0.25, 0.3) is 0 Å². The van der Waals surface area contributed by atoms with Crippen molar-refractivity contribution in [1.29, 1.82) is 0 Å². The van der Waals surface area contributed by atoms with Gasteiger partial charge in [0, 0.05) is 19.8 Å². The van der Waals surface area contributed by atoms with Gasteiger partial charge in [0.1, 0.15) is 0 Å². The Labute approximate surface area is 140 Å². The van der Waals surface area contributed by atoms with E-state index in [1.807, 2.05) is 20.4 Å². The highest BCUT2D eigenvalue weighted by Crippen LogP contribution is 2.30. The van der Waals surface area contributed by atoms with Gasteiger partial charge in [0.2, 0.25) is 5.91 Å². The number of rotatable bonds is 10. The second-order valence-electron chi connectivity index (χ2n) is 6.23. The van der Waals surface area contributed by atoms with Gasteiger partial charge in [-0.1, -0.05) is 12.8 Å². The molecule has 2 atom stereocenters. The predicted octanol–water partition coefficient (Wildman–Crippen LogP) is 2.53. The molecule has 2 unspecified atom stereocenters. The van der Waals surface area contributed by atoms with Crippen molar-refractivity contribution in [3.63, 3.8) is 0 Å². The van der Waals surface area contributed by atoms with E-state index in [2.05, 4.69) is 5.32 Å². The number of carboxylic acids is 1. The SMILES string of the molecule is CCO[Si](C)(CCCNC(=O)C1CCCCC1C(=O)O)OCC. The van der Waals surface area contributed by atoms with Crippen molar-refractivity contribution in [3.8, 4) is 0 Å². The minimum Gasteiger partial charge on any atom is -0.481 e. The summed E-state index contributed by atoms with van der Waals surface area (Å²) >= 11 is 0. The third kappa shape index (κ3) is 6.61. The molecule has 7 heteroatoms. The van der Waals surface area contributed by atoms with E-state index in [0.717, 1.165) is 25.3 Å². The average Bonchev–Trinajstić information content (AvgIpc) is 2.52. The second kappa shape index (κ2) is 10.0. The summed E-state index contributed by atoms with van der Waals surface area (Å²) in [6.45, 7) is 7.78. The van der Waals surface area contributed by atoms with Crippen molar-refractivity contribution >= 4 is 20.4 Å². The molecule has 0 heterocycles. The lowest BCUT2D eigenvalue weighted by Crippen LogP contribution is -2.42. The van der Waals surface area contributed by atoms with Gasteiger partial charge in [-0.05, 0) is 45.7 Å². The van der Waals surface area contributed by atoms with Crippen molar-refractivity contribution in [2.45, 2.75) is 58.5 Å². The molecule has 0 radical (unpaired) electrons. The minimum atomic E-state index is -2.14. The Hall–Kier alpha value is -0.923. The molecule has 1 aliphatic carbocycles. The molecule has 0 aromatic heterocycles. The molecular formula is C16H31NO5Si. The molecular weight excluding hydrogens is 314 g/mol. The molecule has 1 saturated carbocycles. The van der Waals surface area contributed by atoms with Gasteiger partial charge in [-0.25, -0.2) is 0 Å². The molecule has 0 spiro atoms. The molecule has 0 bridgehead atoms. The van der Waals surface area contributed by atoms with Gasteiger partial charge < -0.3 is 19.3 Å². The van der Waals surface area contributed by atoms with Crippen molar-refractivity contribution in [2.75, 3.05) is 19.8 Å². The number of hydrogen-bond donors (Lipinski definition) is 2. The largest absolute Gasteiger partial charge is 0.481 e. The Bertz CT molecular complexity index is 385. The number of carbonyl (C=O) groups is 2. The number of amides is 1. The lowest BCUT2D eigenvalue weighted by Gasteiger charge is -2.28. The van der Waals surface area contributed by atoms with Crippen LogP contribution in [0.5, 0.6) is 0 Å². The van der Waals surface area contributed by atoms with E-state index in [1.54, 1.807) is 0 Å². The smallest absolute Gasteiger partial charge is 0.334 e. The zero-order chi connectivity index (χ0) is 17.3. The van der Waals surface area contributed by atoms with Gasteiger partial charge in [-0.15, -0.1) is 0 Å². The molecule has 0 saturated heterocycles. The van der Waals surface area contributed by atoms with Gasteiger partial charge >= 0.3 is 14.5 Å². The zero-order valence-corrected chi connectivity index (χ0v) is 15.6. The Balaban J connectivity index is 2.39. The second-order valence-corrected chi connectivity index (χ2v) is 9.58. The van der Waals surface area contributed by atoms with E-state index in [1.165, 1.54) is 0 Å². The van der Waals surface area contributed by atoms with Crippen LogP contribution in [-0.2, 0) is 18.4 Å². The quantitative estimate of drug-likeness (QED) is 0.469. The van der Waals surface area contributed by atoms with Crippen molar-refractivity contribution in [3.05, 3.63) is 0 Å². The molecule has 23 heavy (non-hydrogen) atoms. The minimum absolute atomic E-state index is 0.117. The molecule has 1 rings (SSSR count). The monoisotopic (exact) mass is 345 g/mol. The third-order valence-corrected chi connectivity index (χ3v) is 7.49. The van der Waals surface area contributed by atoms with E-state index < -0.39 is 20.4 Å².